The average Bonchev–Trinajstić information content (AvgIpc) is 2.53. The van der Waals surface area contributed by atoms with Gasteiger partial charge in [-0.1, -0.05) is 34.1 Å². The van der Waals surface area contributed by atoms with Gasteiger partial charge in [0.05, 0.1) is 16.8 Å². The first-order valence-corrected chi connectivity index (χ1v) is 7.33. The Bertz CT molecular complexity index is 832. The van der Waals surface area contributed by atoms with Crippen molar-refractivity contribution in [3.8, 4) is 6.07 Å². The zero-order chi connectivity index (χ0) is 14.7. The van der Waals surface area contributed by atoms with Crippen LogP contribution < -0.4 is 5.32 Å². The number of hydrogen-bond acceptors (Lipinski definition) is 3. The number of benzene rings is 2. The van der Waals surface area contributed by atoms with Gasteiger partial charge in [-0.15, -0.1) is 0 Å². The third-order valence-electron chi connectivity index (χ3n) is 3.31. The third kappa shape index (κ3) is 2.88. The Balaban J connectivity index is 1.89. The Morgan fingerprint density at radius 2 is 2.00 bits per heavy atom. The molecule has 4 heteroatoms. The van der Waals surface area contributed by atoms with Crippen molar-refractivity contribution < 1.29 is 0 Å². The van der Waals surface area contributed by atoms with Gasteiger partial charge in [-0.3, -0.25) is 4.98 Å². The van der Waals surface area contributed by atoms with E-state index in [1.165, 1.54) is 0 Å². The van der Waals surface area contributed by atoms with Gasteiger partial charge in [0.2, 0.25) is 0 Å². The van der Waals surface area contributed by atoms with E-state index in [2.05, 4.69) is 38.4 Å². The summed E-state index contributed by atoms with van der Waals surface area (Å²) >= 11 is 3.38. The predicted molar refractivity (Wildman–Crippen MR) is 87.9 cm³/mol. The molecule has 0 unspecified atom stereocenters. The normalized spacial score (nSPS) is 10.3. The Morgan fingerprint density at radius 1 is 1.14 bits per heavy atom. The summed E-state index contributed by atoms with van der Waals surface area (Å²) in [6.07, 6.45) is 1.81. The van der Waals surface area contributed by atoms with Crippen molar-refractivity contribution in [3.63, 3.8) is 0 Å². The van der Waals surface area contributed by atoms with E-state index in [-0.39, 0.29) is 0 Å². The summed E-state index contributed by atoms with van der Waals surface area (Å²) in [6.45, 7) is 0.652. The second kappa shape index (κ2) is 5.94. The van der Waals surface area contributed by atoms with Crippen molar-refractivity contribution in [3.05, 3.63) is 70.3 Å². The van der Waals surface area contributed by atoms with Crippen LogP contribution in [0.4, 0.5) is 5.69 Å². The molecular weight excluding hydrogens is 326 g/mol. The molecule has 102 valence electrons. The molecule has 0 fully saturated rings. The highest BCUT2D eigenvalue weighted by atomic mass is 79.9. The first-order chi connectivity index (χ1) is 10.3. The fourth-order valence-corrected chi connectivity index (χ4v) is 2.62. The van der Waals surface area contributed by atoms with Crippen LogP contribution in [-0.2, 0) is 6.54 Å². The van der Waals surface area contributed by atoms with E-state index in [0.717, 1.165) is 26.6 Å². The SMILES string of the molecule is N#Cc1cc(Br)ccc1NCc1ccnc2ccccc12. The molecule has 0 atom stereocenters. The van der Waals surface area contributed by atoms with Crippen LogP contribution in [0, 0.1) is 11.3 Å². The molecular formula is C17H12BrN3. The van der Waals surface area contributed by atoms with Crippen LogP contribution in [0.3, 0.4) is 0 Å². The molecule has 0 saturated carbocycles. The third-order valence-corrected chi connectivity index (χ3v) is 3.80. The summed E-state index contributed by atoms with van der Waals surface area (Å²) in [5.74, 6) is 0. The zero-order valence-electron chi connectivity index (χ0n) is 11.2. The van der Waals surface area contributed by atoms with Gasteiger partial charge >= 0.3 is 0 Å². The maximum absolute atomic E-state index is 9.19. The van der Waals surface area contributed by atoms with Crippen molar-refractivity contribution in [2.24, 2.45) is 0 Å². The quantitative estimate of drug-likeness (QED) is 0.766. The lowest BCUT2D eigenvalue weighted by molar-refractivity contribution is 1.15. The van der Waals surface area contributed by atoms with Crippen molar-refractivity contribution in [1.29, 1.82) is 5.26 Å². The number of hydrogen-bond donors (Lipinski definition) is 1. The lowest BCUT2D eigenvalue weighted by Gasteiger charge is -2.10. The molecule has 0 saturated heterocycles. The van der Waals surface area contributed by atoms with Crippen LogP contribution in [0.2, 0.25) is 0 Å². The van der Waals surface area contributed by atoms with Crippen LogP contribution >= 0.6 is 15.9 Å². The van der Waals surface area contributed by atoms with Gasteiger partial charge in [-0.2, -0.15) is 5.26 Å². The van der Waals surface area contributed by atoms with Gasteiger partial charge in [-0.25, -0.2) is 0 Å². The first-order valence-electron chi connectivity index (χ1n) is 6.54. The van der Waals surface area contributed by atoms with E-state index in [1.807, 2.05) is 48.7 Å². The molecule has 0 radical (unpaired) electrons. The number of fused-ring (bicyclic) bond motifs is 1. The standard InChI is InChI=1S/C17H12BrN3/c18-14-5-6-16(13(9-14)10-19)21-11-12-7-8-20-17-4-2-1-3-15(12)17/h1-9,21H,11H2. The van der Waals surface area contributed by atoms with E-state index >= 15 is 0 Å². The Labute approximate surface area is 131 Å². The average molecular weight is 338 g/mol. The number of anilines is 1. The van der Waals surface area contributed by atoms with E-state index < -0.39 is 0 Å². The largest absolute Gasteiger partial charge is 0.380 e. The topological polar surface area (TPSA) is 48.7 Å². The van der Waals surface area contributed by atoms with E-state index in [4.69, 9.17) is 0 Å². The molecule has 21 heavy (non-hydrogen) atoms. The van der Waals surface area contributed by atoms with Crippen LogP contribution in [0.5, 0.6) is 0 Å². The van der Waals surface area contributed by atoms with Crippen molar-refractivity contribution in [2.45, 2.75) is 6.54 Å². The number of nitrogens with zero attached hydrogens (tertiary/aromatic N) is 2. The van der Waals surface area contributed by atoms with Gasteiger partial charge in [0.1, 0.15) is 6.07 Å². The molecule has 0 aliphatic carbocycles. The van der Waals surface area contributed by atoms with Crippen LogP contribution in [0.25, 0.3) is 10.9 Å². The van der Waals surface area contributed by atoms with Gasteiger partial charge in [0, 0.05) is 22.6 Å². The maximum Gasteiger partial charge on any atom is 0.101 e. The number of nitrogens with one attached hydrogen (secondary N) is 1. The Morgan fingerprint density at radius 3 is 2.86 bits per heavy atom. The minimum absolute atomic E-state index is 0.628. The second-order valence-electron chi connectivity index (χ2n) is 4.64. The molecule has 0 aliphatic rings. The molecule has 0 amide bonds. The summed E-state index contributed by atoms with van der Waals surface area (Å²) in [7, 11) is 0. The second-order valence-corrected chi connectivity index (χ2v) is 5.56. The molecule has 0 spiro atoms. The van der Waals surface area contributed by atoms with Gasteiger partial charge < -0.3 is 5.32 Å². The van der Waals surface area contributed by atoms with Crippen molar-refractivity contribution in [1.82, 2.24) is 4.98 Å². The molecule has 3 nitrogen and oxygen atoms in total. The Kier molecular flexibility index (Phi) is 3.85. The van der Waals surface area contributed by atoms with Crippen molar-refractivity contribution >= 4 is 32.5 Å². The summed E-state index contributed by atoms with van der Waals surface area (Å²) in [5.41, 5.74) is 3.60. The Hall–Kier alpha value is -2.38. The van der Waals surface area contributed by atoms with Gasteiger partial charge in [0.25, 0.3) is 0 Å². The highest BCUT2D eigenvalue weighted by molar-refractivity contribution is 9.10. The molecule has 1 aromatic heterocycles. The van der Waals surface area contributed by atoms with Crippen molar-refractivity contribution in [2.75, 3.05) is 5.32 Å². The number of para-hydroxylation sites is 1. The number of halogens is 1. The molecule has 1 heterocycles. The van der Waals surface area contributed by atoms with E-state index in [0.29, 0.717) is 12.1 Å². The number of pyridine rings is 1. The molecule has 0 aliphatic heterocycles. The fraction of sp³-hybridized carbons (Fsp3) is 0.0588. The fourth-order valence-electron chi connectivity index (χ4n) is 2.26. The monoisotopic (exact) mass is 337 g/mol. The summed E-state index contributed by atoms with van der Waals surface area (Å²) in [5, 5.41) is 13.6. The maximum atomic E-state index is 9.19. The first kappa shape index (κ1) is 13.6. The minimum atomic E-state index is 0.628. The lowest BCUT2D eigenvalue weighted by Crippen LogP contribution is -2.02. The molecule has 3 aromatic rings. The van der Waals surface area contributed by atoms with Gasteiger partial charge in [-0.05, 0) is 35.9 Å². The molecule has 3 rings (SSSR count). The predicted octanol–water partition coefficient (Wildman–Crippen LogP) is 4.48. The van der Waals surface area contributed by atoms with E-state index in [1.54, 1.807) is 0 Å². The molecule has 2 aromatic carbocycles. The van der Waals surface area contributed by atoms with Crippen LogP contribution in [-0.4, -0.2) is 4.98 Å². The van der Waals surface area contributed by atoms with Gasteiger partial charge in [0.15, 0.2) is 0 Å². The van der Waals surface area contributed by atoms with E-state index in [9.17, 15) is 5.26 Å². The molecule has 1 N–H and O–H groups in total. The lowest BCUT2D eigenvalue weighted by atomic mass is 10.1. The zero-order valence-corrected chi connectivity index (χ0v) is 12.8. The summed E-state index contributed by atoms with van der Waals surface area (Å²) < 4.78 is 0.902. The summed E-state index contributed by atoms with van der Waals surface area (Å²) in [6, 6.07) is 17.9. The number of nitriles is 1. The van der Waals surface area contributed by atoms with Crippen LogP contribution in [0.15, 0.2) is 59.2 Å². The van der Waals surface area contributed by atoms with Crippen LogP contribution in [0.1, 0.15) is 11.1 Å². The summed E-state index contributed by atoms with van der Waals surface area (Å²) in [4.78, 5) is 4.36. The smallest absolute Gasteiger partial charge is 0.101 e. The number of aromatic nitrogens is 1. The molecule has 0 bridgehead atoms. The highest BCUT2D eigenvalue weighted by Gasteiger charge is 2.05. The minimum Gasteiger partial charge on any atom is -0.380 e. The highest BCUT2D eigenvalue weighted by Crippen LogP contribution is 2.22. The number of rotatable bonds is 3.